The molecule has 0 bridgehead atoms. The van der Waals surface area contributed by atoms with Crippen LogP contribution in [0.2, 0.25) is 0 Å². The van der Waals surface area contributed by atoms with Crippen molar-refractivity contribution >= 4 is 23.0 Å². The van der Waals surface area contributed by atoms with Gasteiger partial charge >= 0.3 is 0 Å². The second-order valence-electron chi connectivity index (χ2n) is 5.76. The lowest BCUT2D eigenvalue weighted by molar-refractivity contribution is 0.355. The first kappa shape index (κ1) is 24.0. The molecule has 6 nitrogen and oxygen atoms in total. The summed E-state index contributed by atoms with van der Waals surface area (Å²) >= 11 is 5.28. The average molecular weight is 415 g/mol. The first-order valence-corrected chi connectivity index (χ1v) is 9.33. The van der Waals surface area contributed by atoms with E-state index in [1.807, 2.05) is 59.3 Å². The number of methoxy groups -OCH3 is 2. The van der Waals surface area contributed by atoms with Crippen LogP contribution < -0.4 is 20.1 Å². The lowest BCUT2D eigenvalue weighted by Crippen LogP contribution is -2.27. The van der Waals surface area contributed by atoms with Crippen LogP contribution in [0.15, 0.2) is 67.3 Å². The molecule has 0 unspecified atom stereocenters. The molecule has 0 aliphatic rings. The number of hydrogen-bond donors (Lipinski definition) is 2. The van der Waals surface area contributed by atoms with E-state index in [0.717, 1.165) is 12.2 Å². The number of nitrogens with zero attached hydrogens (tertiary/aromatic N) is 2. The van der Waals surface area contributed by atoms with Crippen LogP contribution in [0.3, 0.4) is 0 Å². The Morgan fingerprint density at radius 1 is 1.07 bits per heavy atom. The van der Waals surface area contributed by atoms with Crippen LogP contribution in [0.4, 0.5) is 5.69 Å². The van der Waals surface area contributed by atoms with E-state index in [0.29, 0.717) is 23.2 Å². The average Bonchev–Trinajstić information content (AvgIpc) is 3.27. The minimum Gasteiger partial charge on any atom is -0.493 e. The van der Waals surface area contributed by atoms with Gasteiger partial charge in [-0.1, -0.05) is 37.8 Å². The number of aryl methyl sites for hydroxylation is 1. The maximum atomic E-state index is 5.28. The molecule has 1 heterocycles. The zero-order chi connectivity index (χ0) is 20.2. The molecule has 1 aromatic heterocycles. The molecule has 0 saturated carbocycles. The first-order chi connectivity index (χ1) is 13.7. The summed E-state index contributed by atoms with van der Waals surface area (Å²) in [6, 6.07) is 15.7. The molecule has 29 heavy (non-hydrogen) atoms. The Morgan fingerprint density at radius 3 is 2.34 bits per heavy atom. The van der Waals surface area contributed by atoms with Crippen molar-refractivity contribution in [2.75, 3.05) is 19.5 Å². The molecule has 0 aliphatic heterocycles. The van der Waals surface area contributed by atoms with Gasteiger partial charge < -0.3 is 24.7 Å². The summed E-state index contributed by atoms with van der Waals surface area (Å²) in [5.74, 6) is 1.35. The lowest BCUT2D eigenvalue weighted by atomic mass is 10.2. The Morgan fingerprint density at radius 2 is 1.79 bits per heavy atom. The number of imidazole rings is 1. The van der Waals surface area contributed by atoms with Gasteiger partial charge in [0.2, 0.25) is 0 Å². The second-order valence-corrected chi connectivity index (χ2v) is 6.16. The molecule has 0 radical (unpaired) electrons. The number of nitrogens with one attached hydrogen (secondary N) is 2. The third-order valence-corrected chi connectivity index (χ3v) is 4.11. The van der Waals surface area contributed by atoms with Crippen molar-refractivity contribution in [2.45, 2.75) is 27.4 Å². The smallest absolute Gasteiger partial charge is 0.171 e. The zero-order valence-corrected chi connectivity index (χ0v) is 17.2. The largest absolute Gasteiger partial charge is 0.493 e. The molecular formula is C22H30N4O2S. The number of ether oxygens (including phenoxy) is 2. The summed E-state index contributed by atoms with van der Waals surface area (Å²) in [6.45, 7) is 3.78. The summed E-state index contributed by atoms with van der Waals surface area (Å²) in [5, 5.41) is 6.85. The first-order valence-electron chi connectivity index (χ1n) is 8.92. The van der Waals surface area contributed by atoms with Crippen LogP contribution in [0.25, 0.3) is 0 Å². The van der Waals surface area contributed by atoms with Crippen LogP contribution in [-0.2, 0) is 13.1 Å². The van der Waals surface area contributed by atoms with Crippen molar-refractivity contribution in [3.63, 3.8) is 0 Å². The lowest BCUT2D eigenvalue weighted by Gasteiger charge is -2.13. The molecule has 2 aromatic carbocycles. The summed E-state index contributed by atoms with van der Waals surface area (Å²) in [6.07, 6.45) is 5.53. The van der Waals surface area contributed by atoms with Crippen LogP contribution >= 0.6 is 12.2 Å². The maximum Gasteiger partial charge on any atom is 0.171 e. The van der Waals surface area contributed by atoms with Crippen molar-refractivity contribution in [2.24, 2.45) is 0 Å². The van der Waals surface area contributed by atoms with Crippen LogP contribution in [0.5, 0.6) is 11.5 Å². The van der Waals surface area contributed by atoms with E-state index >= 15 is 0 Å². The topological polar surface area (TPSA) is 60.3 Å². The highest BCUT2D eigenvalue weighted by atomic mass is 32.1. The van der Waals surface area contributed by atoms with Crippen LogP contribution in [-0.4, -0.2) is 28.9 Å². The maximum absolute atomic E-state index is 5.28. The van der Waals surface area contributed by atoms with Gasteiger partial charge in [0, 0.05) is 37.2 Å². The Bertz CT molecular complexity index is 839. The number of hydrogen-bond acceptors (Lipinski definition) is 4. The fourth-order valence-electron chi connectivity index (χ4n) is 2.34. The highest BCUT2D eigenvalue weighted by Gasteiger charge is 2.05. The van der Waals surface area contributed by atoms with Gasteiger partial charge in [-0.25, -0.2) is 4.98 Å². The summed E-state index contributed by atoms with van der Waals surface area (Å²) in [4.78, 5) is 3.86. The standard InChI is InChI=1S/C16H18N2O2S.C5H8N2.CH4/c1-19-14-9-8-13(10-15(14)20-2)18-16(21)17-11-12-6-4-3-5-7-12;1-2-7-4-3-6-5-7;/h3-10H,11H2,1-2H3,(H2,17,18,21);3-5H,2H2,1H3;1H4. The van der Waals surface area contributed by atoms with Gasteiger partial charge in [0.15, 0.2) is 16.6 Å². The van der Waals surface area contributed by atoms with E-state index in [2.05, 4.69) is 22.5 Å². The number of rotatable bonds is 6. The molecule has 7 heteroatoms. The van der Waals surface area contributed by atoms with Crippen LogP contribution in [0, 0.1) is 0 Å². The molecule has 0 atom stereocenters. The molecule has 0 aliphatic carbocycles. The van der Waals surface area contributed by atoms with Crippen molar-refractivity contribution < 1.29 is 9.47 Å². The SMILES string of the molecule is C.CCn1ccnc1.COc1ccc(NC(=S)NCc2ccccc2)cc1OC. The Labute approximate surface area is 178 Å². The minimum atomic E-state index is 0. The quantitative estimate of drug-likeness (QED) is 0.569. The predicted molar refractivity (Wildman–Crippen MR) is 124 cm³/mol. The highest BCUT2D eigenvalue weighted by molar-refractivity contribution is 7.80. The molecule has 0 amide bonds. The fraction of sp³-hybridized carbons (Fsp3) is 0.273. The summed E-state index contributed by atoms with van der Waals surface area (Å²) < 4.78 is 12.5. The van der Waals surface area contributed by atoms with Gasteiger partial charge in [-0.2, -0.15) is 0 Å². The highest BCUT2D eigenvalue weighted by Crippen LogP contribution is 2.29. The molecule has 3 rings (SSSR count). The Balaban J connectivity index is 0.000000445. The summed E-state index contributed by atoms with van der Waals surface area (Å²) in [7, 11) is 3.21. The van der Waals surface area contributed by atoms with Gasteiger partial charge in [0.05, 0.1) is 20.5 Å². The van der Waals surface area contributed by atoms with Gasteiger partial charge in [0.1, 0.15) is 0 Å². The molecule has 156 valence electrons. The van der Waals surface area contributed by atoms with E-state index in [9.17, 15) is 0 Å². The van der Waals surface area contributed by atoms with Crippen molar-refractivity contribution in [3.05, 3.63) is 72.8 Å². The molecule has 0 saturated heterocycles. The second kappa shape index (κ2) is 13.2. The summed E-state index contributed by atoms with van der Waals surface area (Å²) in [5.41, 5.74) is 2.02. The predicted octanol–water partition coefficient (Wildman–Crippen LogP) is 4.73. The fourth-order valence-corrected chi connectivity index (χ4v) is 2.53. The van der Waals surface area contributed by atoms with Crippen molar-refractivity contribution in [1.29, 1.82) is 0 Å². The number of benzene rings is 2. The molecule has 2 N–H and O–H groups in total. The Hall–Kier alpha value is -3.06. The van der Waals surface area contributed by atoms with E-state index < -0.39 is 0 Å². The monoisotopic (exact) mass is 414 g/mol. The molecule has 0 fully saturated rings. The molecule has 0 spiro atoms. The molecule has 3 aromatic rings. The van der Waals surface area contributed by atoms with Gasteiger partial charge in [-0.3, -0.25) is 0 Å². The third kappa shape index (κ3) is 8.23. The van der Waals surface area contributed by atoms with E-state index in [1.54, 1.807) is 26.7 Å². The van der Waals surface area contributed by atoms with Gasteiger partial charge in [-0.05, 0) is 36.8 Å². The number of thiocarbonyl (C=S) groups is 1. The Kier molecular flexibility index (Phi) is 10.9. The van der Waals surface area contributed by atoms with Gasteiger partial charge in [0.25, 0.3) is 0 Å². The van der Waals surface area contributed by atoms with Crippen molar-refractivity contribution in [3.8, 4) is 11.5 Å². The number of aromatic nitrogens is 2. The van der Waals surface area contributed by atoms with E-state index in [4.69, 9.17) is 21.7 Å². The van der Waals surface area contributed by atoms with E-state index in [1.165, 1.54) is 5.56 Å². The normalized spacial score (nSPS) is 9.34. The minimum absolute atomic E-state index is 0. The van der Waals surface area contributed by atoms with Crippen LogP contribution in [0.1, 0.15) is 19.9 Å². The molecular weight excluding hydrogens is 384 g/mol. The zero-order valence-electron chi connectivity index (χ0n) is 16.4. The van der Waals surface area contributed by atoms with Crippen molar-refractivity contribution in [1.82, 2.24) is 14.9 Å². The third-order valence-electron chi connectivity index (χ3n) is 3.86. The van der Waals surface area contributed by atoms with E-state index in [-0.39, 0.29) is 7.43 Å². The van der Waals surface area contributed by atoms with Gasteiger partial charge in [-0.15, -0.1) is 0 Å². The number of anilines is 1.